The first-order chi connectivity index (χ1) is 9.19. The number of rotatable bonds is 6. The molecule has 5 heteroatoms. The number of ether oxygens (including phenoxy) is 1. The molecule has 2 rings (SSSR count). The van der Waals surface area contributed by atoms with E-state index >= 15 is 0 Å². The van der Waals surface area contributed by atoms with Gasteiger partial charge in [0, 0.05) is 12.6 Å². The van der Waals surface area contributed by atoms with Crippen LogP contribution in [0.3, 0.4) is 0 Å². The predicted octanol–water partition coefficient (Wildman–Crippen LogP) is 3.43. The Hall–Kier alpha value is -1.33. The van der Waals surface area contributed by atoms with Gasteiger partial charge in [-0.05, 0) is 47.1 Å². The number of benzene rings is 1. The second-order valence-electron chi connectivity index (χ2n) is 4.27. The van der Waals surface area contributed by atoms with Crippen LogP contribution < -0.4 is 10.1 Å². The van der Waals surface area contributed by atoms with Gasteiger partial charge >= 0.3 is 0 Å². The number of aryl methyl sites for hydroxylation is 1. The molecule has 1 N–H and O–H groups in total. The Bertz CT molecular complexity index is 540. The number of hydrogen-bond donors (Lipinski definition) is 1. The van der Waals surface area contributed by atoms with Crippen LogP contribution in [0.1, 0.15) is 23.9 Å². The van der Waals surface area contributed by atoms with Gasteiger partial charge in [-0.1, -0.05) is 18.1 Å². The molecule has 0 amide bonds. The van der Waals surface area contributed by atoms with E-state index in [1.165, 1.54) is 5.56 Å². The van der Waals surface area contributed by atoms with Gasteiger partial charge in [0.1, 0.15) is 12.4 Å². The average Bonchev–Trinajstić information content (AvgIpc) is 2.81. The van der Waals surface area contributed by atoms with Gasteiger partial charge in [-0.15, -0.1) is 0 Å². The third-order valence-electron chi connectivity index (χ3n) is 2.62. The van der Waals surface area contributed by atoms with Gasteiger partial charge in [0.05, 0.1) is 10.2 Å². The second-order valence-corrected chi connectivity index (χ2v) is 5.12. The van der Waals surface area contributed by atoms with Crippen molar-refractivity contribution in [1.82, 2.24) is 10.5 Å². The zero-order valence-corrected chi connectivity index (χ0v) is 12.7. The fourth-order valence-corrected chi connectivity index (χ4v) is 2.21. The van der Waals surface area contributed by atoms with Crippen molar-refractivity contribution in [1.29, 1.82) is 0 Å². The third kappa shape index (κ3) is 4.08. The smallest absolute Gasteiger partial charge is 0.174 e. The Morgan fingerprint density at radius 1 is 1.37 bits per heavy atom. The molecule has 1 aromatic heterocycles. The minimum absolute atomic E-state index is 0.381. The second kappa shape index (κ2) is 6.73. The molecule has 1 aromatic carbocycles. The molecular formula is C14H17BrN2O2. The van der Waals surface area contributed by atoms with Gasteiger partial charge in [0.25, 0.3) is 0 Å². The molecule has 0 aliphatic carbocycles. The maximum absolute atomic E-state index is 5.69. The lowest BCUT2D eigenvalue weighted by Crippen LogP contribution is -2.11. The van der Waals surface area contributed by atoms with E-state index in [0.717, 1.165) is 34.8 Å². The molecule has 0 spiro atoms. The van der Waals surface area contributed by atoms with E-state index in [0.29, 0.717) is 6.61 Å². The summed E-state index contributed by atoms with van der Waals surface area (Å²) in [5, 5.41) is 7.11. The number of nitrogens with zero attached hydrogens (tertiary/aromatic N) is 1. The van der Waals surface area contributed by atoms with Gasteiger partial charge in [0.15, 0.2) is 5.76 Å². The average molecular weight is 325 g/mol. The van der Waals surface area contributed by atoms with Crippen LogP contribution in [0.15, 0.2) is 33.3 Å². The molecule has 0 bridgehead atoms. The zero-order valence-electron chi connectivity index (χ0n) is 11.1. The maximum atomic E-state index is 5.69. The Labute approximate surface area is 121 Å². The molecule has 0 aliphatic rings. The summed E-state index contributed by atoms with van der Waals surface area (Å²) in [6, 6.07) is 7.94. The van der Waals surface area contributed by atoms with Gasteiger partial charge < -0.3 is 14.6 Å². The van der Waals surface area contributed by atoms with Crippen molar-refractivity contribution in [3.8, 4) is 5.75 Å². The fraction of sp³-hybridized carbons (Fsp3) is 0.357. The summed E-state index contributed by atoms with van der Waals surface area (Å²) in [7, 11) is 0. The molecule has 0 aliphatic heterocycles. The minimum atomic E-state index is 0.381. The van der Waals surface area contributed by atoms with Crippen LogP contribution in [0, 0.1) is 6.92 Å². The highest BCUT2D eigenvalue weighted by atomic mass is 79.9. The van der Waals surface area contributed by atoms with Crippen molar-refractivity contribution in [2.24, 2.45) is 0 Å². The largest absolute Gasteiger partial charge is 0.484 e. The molecule has 0 atom stereocenters. The summed E-state index contributed by atoms with van der Waals surface area (Å²) in [5.74, 6) is 1.52. The van der Waals surface area contributed by atoms with E-state index in [4.69, 9.17) is 9.26 Å². The van der Waals surface area contributed by atoms with Crippen LogP contribution in [-0.4, -0.2) is 11.7 Å². The molecule has 2 aromatic rings. The number of aromatic nitrogens is 1. The van der Waals surface area contributed by atoms with E-state index in [1.807, 2.05) is 25.1 Å². The van der Waals surface area contributed by atoms with Crippen LogP contribution >= 0.6 is 15.9 Å². The predicted molar refractivity (Wildman–Crippen MR) is 77.1 cm³/mol. The van der Waals surface area contributed by atoms with E-state index in [2.05, 4.69) is 39.4 Å². The van der Waals surface area contributed by atoms with Crippen molar-refractivity contribution in [2.75, 3.05) is 6.54 Å². The summed E-state index contributed by atoms with van der Waals surface area (Å²) in [6.07, 6.45) is 0. The Morgan fingerprint density at radius 2 is 2.21 bits per heavy atom. The molecule has 0 saturated carbocycles. The molecule has 4 nitrogen and oxygen atoms in total. The summed E-state index contributed by atoms with van der Waals surface area (Å²) >= 11 is 3.52. The topological polar surface area (TPSA) is 47.3 Å². The third-order valence-corrected chi connectivity index (χ3v) is 3.24. The summed E-state index contributed by atoms with van der Waals surface area (Å²) in [6.45, 7) is 6.17. The first-order valence-corrected chi connectivity index (χ1v) is 7.02. The Morgan fingerprint density at radius 3 is 2.84 bits per heavy atom. The molecular weight excluding hydrogens is 308 g/mol. The van der Waals surface area contributed by atoms with Crippen molar-refractivity contribution in [2.45, 2.75) is 27.0 Å². The van der Waals surface area contributed by atoms with Crippen molar-refractivity contribution in [3.63, 3.8) is 0 Å². The SMILES string of the molecule is CCNCc1ccc(OCc2cc(C)no2)c(Br)c1. The van der Waals surface area contributed by atoms with E-state index in [1.54, 1.807) is 0 Å². The number of halogens is 1. The molecule has 19 heavy (non-hydrogen) atoms. The number of hydrogen-bond acceptors (Lipinski definition) is 4. The number of nitrogens with one attached hydrogen (secondary N) is 1. The zero-order chi connectivity index (χ0) is 13.7. The van der Waals surface area contributed by atoms with Crippen LogP contribution in [0.25, 0.3) is 0 Å². The lowest BCUT2D eigenvalue weighted by Gasteiger charge is -2.08. The maximum Gasteiger partial charge on any atom is 0.174 e. The highest BCUT2D eigenvalue weighted by Gasteiger charge is 2.05. The molecule has 0 saturated heterocycles. The summed E-state index contributed by atoms with van der Waals surface area (Å²) in [4.78, 5) is 0. The molecule has 0 radical (unpaired) electrons. The summed E-state index contributed by atoms with van der Waals surface area (Å²) in [5.41, 5.74) is 2.08. The van der Waals surface area contributed by atoms with Crippen LogP contribution in [0.2, 0.25) is 0 Å². The van der Waals surface area contributed by atoms with Gasteiger partial charge in [-0.2, -0.15) is 0 Å². The van der Waals surface area contributed by atoms with Crippen molar-refractivity contribution in [3.05, 3.63) is 45.8 Å². The quantitative estimate of drug-likeness (QED) is 0.884. The van der Waals surface area contributed by atoms with Gasteiger partial charge in [-0.25, -0.2) is 0 Å². The standard InChI is InChI=1S/C14H17BrN2O2/c1-3-16-8-11-4-5-14(13(15)7-11)18-9-12-6-10(2)17-19-12/h4-7,16H,3,8-9H2,1-2H3. The van der Waals surface area contributed by atoms with Crippen molar-refractivity contribution < 1.29 is 9.26 Å². The highest BCUT2D eigenvalue weighted by Crippen LogP contribution is 2.26. The monoisotopic (exact) mass is 324 g/mol. The summed E-state index contributed by atoms with van der Waals surface area (Å²) < 4.78 is 11.7. The normalized spacial score (nSPS) is 10.7. The molecule has 1 heterocycles. The highest BCUT2D eigenvalue weighted by molar-refractivity contribution is 9.10. The lowest BCUT2D eigenvalue weighted by molar-refractivity contribution is 0.247. The van der Waals surface area contributed by atoms with E-state index in [-0.39, 0.29) is 0 Å². The lowest BCUT2D eigenvalue weighted by atomic mass is 10.2. The van der Waals surface area contributed by atoms with Gasteiger partial charge in [0.2, 0.25) is 0 Å². The Balaban J connectivity index is 1.96. The van der Waals surface area contributed by atoms with Crippen LogP contribution in [0.4, 0.5) is 0 Å². The fourth-order valence-electron chi connectivity index (χ4n) is 1.67. The minimum Gasteiger partial charge on any atom is -0.484 e. The van der Waals surface area contributed by atoms with Gasteiger partial charge in [-0.3, -0.25) is 0 Å². The molecule has 102 valence electrons. The van der Waals surface area contributed by atoms with E-state index in [9.17, 15) is 0 Å². The first-order valence-electron chi connectivity index (χ1n) is 6.23. The first kappa shape index (κ1) is 14.1. The molecule has 0 unspecified atom stereocenters. The van der Waals surface area contributed by atoms with Crippen molar-refractivity contribution >= 4 is 15.9 Å². The van der Waals surface area contributed by atoms with E-state index < -0.39 is 0 Å². The van der Waals surface area contributed by atoms with Crippen LogP contribution in [0.5, 0.6) is 5.75 Å². The molecule has 0 fully saturated rings. The Kier molecular flexibility index (Phi) is 4.99. The van der Waals surface area contributed by atoms with Crippen LogP contribution in [-0.2, 0) is 13.2 Å².